The second-order valence-electron chi connectivity index (χ2n) is 7.02. The Morgan fingerprint density at radius 3 is 2.81 bits per heavy atom. The van der Waals surface area contributed by atoms with Crippen molar-refractivity contribution in [3.8, 4) is 0 Å². The number of aromatic nitrogens is 1. The average Bonchev–Trinajstić information content (AvgIpc) is 3.21. The predicted molar refractivity (Wildman–Crippen MR) is 114 cm³/mol. The van der Waals surface area contributed by atoms with Gasteiger partial charge >= 0.3 is 0 Å². The van der Waals surface area contributed by atoms with Gasteiger partial charge in [-0.3, -0.25) is 14.9 Å². The van der Waals surface area contributed by atoms with E-state index in [0.29, 0.717) is 5.92 Å². The van der Waals surface area contributed by atoms with Crippen LogP contribution in [0.25, 0.3) is 0 Å². The van der Waals surface area contributed by atoms with Crippen molar-refractivity contribution in [1.29, 1.82) is 0 Å². The standard InChI is InChI=1S/C21H31N5S/c1-2-22-21(24-12-8-19-6-3-4-11-23-19)25-16-18-9-13-26(14-10-18)17-20-7-5-15-27-20/h3-7,11,15,18H,2,8-10,12-14,16-17H2,1H3,(H2,22,24,25). The van der Waals surface area contributed by atoms with Gasteiger partial charge < -0.3 is 10.6 Å². The van der Waals surface area contributed by atoms with E-state index in [1.807, 2.05) is 29.7 Å². The number of nitrogens with zero attached hydrogens (tertiary/aromatic N) is 3. The molecule has 0 atom stereocenters. The second kappa shape index (κ2) is 11.0. The van der Waals surface area contributed by atoms with Gasteiger partial charge in [-0.25, -0.2) is 0 Å². The molecule has 27 heavy (non-hydrogen) atoms. The molecule has 0 amide bonds. The molecule has 1 saturated heterocycles. The fourth-order valence-electron chi connectivity index (χ4n) is 3.37. The maximum Gasteiger partial charge on any atom is 0.191 e. The Kier molecular flexibility index (Phi) is 8.11. The molecular formula is C21H31N5S. The van der Waals surface area contributed by atoms with E-state index in [-0.39, 0.29) is 0 Å². The van der Waals surface area contributed by atoms with Crippen molar-refractivity contribution in [2.24, 2.45) is 10.9 Å². The van der Waals surface area contributed by atoms with Gasteiger partial charge in [-0.1, -0.05) is 12.1 Å². The molecule has 146 valence electrons. The lowest BCUT2D eigenvalue weighted by atomic mass is 9.97. The van der Waals surface area contributed by atoms with Gasteiger partial charge in [0.25, 0.3) is 0 Å². The summed E-state index contributed by atoms with van der Waals surface area (Å²) in [6.07, 6.45) is 5.23. The molecule has 0 aliphatic carbocycles. The van der Waals surface area contributed by atoms with Crippen LogP contribution in [0.3, 0.4) is 0 Å². The highest BCUT2D eigenvalue weighted by Gasteiger charge is 2.19. The molecule has 5 nitrogen and oxygen atoms in total. The molecule has 0 spiro atoms. The topological polar surface area (TPSA) is 52.6 Å². The number of rotatable bonds is 8. The number of piperidine rings is 1. The average molecular weight is 386 g/mol. The maximum absolute atomic E-state index is 4.83. The van der Waals surface area contributed by atoms with Crippen LogP contribution in [0.1, 0.15) is 30.3 Å². The SMILES string of the molecule is CCNC(=NCC1CCN(Cc2cccs2)CC1)NCCc1ccccn1. The monoisotopic (exact) mass is 385 g/mol. The van der Waals surface area contributed by atoms with Crippen LogP contribution in [0, 0.1) is 5.92 Å². The van der Waals surface area contributed by atoms with E-state index in [4.69, 9.17) is 4.99 Å². The zero-order valence-corrected chi connectivity index (χ0v) is 17.0. The minimum absolute atomic E-state index is 0.691. The number of hydrogen-bond acceptors (Lipinski definition) is 4. The fraction of sp³-hybridized carbons (Fsp3) is 0.524. The van der Waals surface area contributed by atoms with Gasteiger partial charge in [0.05, 0.1) is 0 Å². The zero-order valence-electron chi connectivity index (χ0n) is 16.2. The van der Waals surface area contributed by atoms with Crippen LogP contribution in [-0.4, -0.2) is 48.6 Å². The molecule has 3 rings (SSSR count). The van der Waals surface area contributed by atoms with Crippen molar-refractivity contribution in [1.82, 2.24) is 20.5 Å². The zero-order chi connectivity index (χ0) is 18.7. The molecule has 0 radical (unpaired) electrons. The van der Waals surface area contributed by atoms with Crippen LogP contribution in [0.5, 0.6) is 0 Å². The molecule has 3 heterocycles. The van der Waals surface area contributed by atoms with Gasteiger partial charge in [-0.2, -0.15) is 0 Å². The summed E-state index contributed by atoms with van der Waals surface area (Å²) in [6.45, 7) is 8.22. The molecule has 1 aliphatic rings. The Bertz CT molecular complexity index is 663. The number of likely N-dealkylation sites (tertiary alicyclic amines) is 1. The first kappa shape index (κ1) is 19.8. The highest BCUT2D eigenvalue weighted by molar-refractivity contribution is 7.09. The molecular weight excluding hydrogens is 354 g/mol. The minimum Gasteiger partial charge on any atom is -0.357 e. The van der Waals surface area contributed by atoms with E-state index in [0.717, 1.165) is 44.3 Å². The van der Waals surface area contributed by atoms with Crippen molar-refractivity contribution in [2.75, 3.05) is 32.7 Å². The number of pyridine rings is 1. The summed E-state index contributed by atoms with van der Waals surface area (Å²) in [4.78, 5) is 13.2. The van der Waals surface area contributed by atoms with E-state index < -0.39 is 0 Å². The Hall–Kier alpha value is -1.92. The highest BCUT2D eigenvalue weighted by atomic mass is 32.1. The molecule has 0 aromatic carbocycles. The van der Waals surface area contributed by atoms with E-state index in [1.54, 1.807) is 0 Å². The summed E-state index contributed by atoms with van der Waals surface area (Å²) in [5.74, 6) is 1.62. The number of aliphatic imine (C=N–C) groups is 1. The molecule has 2 aromatic rings. The van der Waals surface area contributed by atoms with Crippen molar-refractivity contribution in [2.45, 2.75) is 32.7 Å². The third-order valence-electron chi connectivity index (χ3n) is 4.92. The molecule has 0 unspecified atom stereocenters. The first-order valence-electron chi connectivity index (χ1n) is 10.0. The van der Waals surface area contributed by atoms with E-state index in [9.17, 15) is 0 Å². The van der Waals surface area contributed by atoms with Crippen LogP contribution in [-0.2, 0) is 13.0 Å². The highest BCUT2D eigenvalue weighted by Crippen LogP contribution is 2.20. The molecule has 6 heteroatoms. The van der Waals surface area contributed by atoms with Gasteiger partial charge in [-0.05, 0) is 62.4 Å². The van der Waals surface area contributed by atoms with Crippen LogP contribution < -0.4 is 10.6 Å². The van der Waals surface area contributed by atoms with E-state index in [2.05, 4.69) is 51.0 Å². The molecule has 0 saturated carbocycles. The van der Waals surface area contributed by atoms with Crippen LogP contribution in [0.4, 0.5) is 0 Å². The molecule has 2 aromatic heterocycles. The smallest absolute Gasteiger partial charge is 0.191 e. The van der Waals surface area contributed by atoms with Crippen LogP contribution in [0.2, 0.25) is 0 Å². The third-order valence-corrected chi connectivity index (χ3v) is 5.78. The number of nitrogens with one attached hydrogen (secondary N) is 2. The summed E-state index contributed by atoms with van der Waals surface area (Å²) in [7, 11) is 0. The fourth-order valence-corrected chi connectivity index (χ4v) is 4.11. The summed E-state index contributed by atoms with van der Waals surface area (Å²) in [5, 5.41) is 8.96. The van der Waals surface area contributed by atoms with Gasteiger partial charge in [0.15, 0.2) is 5.96 Å². The van der Waals surface area contributed by atoms with Crippen molar-refractivity contribution < 1.29 is 0 Å². The van der Waals surface area contributed by atoms with Gasteiger partial charge in [0, 0.05) is 49.4 Å². The molecule has 0 bridgehead atoms. The Morgan fingerprint density at radius 2 is 2.11 bits per heavy atom. The molecule has 1 fully saturated rings. The van der Waals surface area contributed by atoms with Crippen molar-refractivity contribution in [3.05, 3.63) is 52.5 Å². The first-order chi connectivity index (χ1) is 13.3. The maximum atomic E-state index is 4.83. The number of guanidine groups is 1. The van der Waals surface area contributed by atoms with E-state index >= 15 is 0 Å². The molecule has 2 N–H and O–H groups in total. The summed E-state index contributed by atoms with van der Waals surface area (Å²) in [5.41, 5.74) is 1.11. The van der Waals surface area contributed by atoms with Crippen molar-refractivity contribution >= 4 is 17.3 Å². The summed E-state index contributed by atoms with van der Waals surface area (Å²) >= 11 is 1.86. The van der Waals surface area contributed by atoms with Gasteiger partial charge in [0.1, 0.15) is 0 Å². The van der Waals surface area contributed by atoms with Crippen LogP contribution >= 0.6 is 11.3 Å². The second-order valence-corrected chi connectivity index (χ2v) is 8.05. The number of thiophene rings is 1. The van der Waals surface area contributed by atoms with Crippen molar-refractivity contribution in [3.63, 3.8) is 0 Å². The Labute approximate surface area is 166 Å². The summed E-state index contributed by atoms with van der Waals surface area (Å²) < 4.78 is 0. The largest absolute Gasteiger partial charge is 0.357 e. The first-order valence-corrected chi connectivity index (χ1v) is 10.9. The predicted octanol–water partition coefficient (Wildman–Crippen LogP) is 3.15. The quantitative estimate of drug-likeness (QED) is 0.541. The lowest BCUT2D eigenvalue weighted by Crippen LogP contribution is -2.39. The van der Waals surface area contributed by atoms with Gasteiger partial charge in [-0.15, -0.1) is 11.3 Å². The van der Waals surface area contributed by atoms with E-state index in [1.165, 1.54) is 30.8 Å². The number of hydrogen-bond donors (Lipinski definition) is 2. The minimum atomic E-state index is 0.691. The van der Waals surface area contributed by atoms with Crippen LogP contribution in [0.15, 0.2) is 46.9 Å². The third kappa shape index (κ3) is 6.96. The normalized spacial score (nSPS) is 16.4. The lowest BCUT2D eigenvalue weighted by molar-refractivity contribution is 0.182. The Balaban J connectivity index is 1.39. The lowest BCUT2D eigenvalue weighted by Gasteiger charge is -2.31. The summed E-state index contributed by atoms with van der Waals surface area (Å²) in [6, 6.07) is 10.4. The van der Waals surface area contributed by atoms with Gasteiger partial charge in [0.2, 0.25) is 0 Å². The Morgan fingerprint density at radius 1 is 1.22 bits per heavy atom. The molecule has 1 aliphatic heterocycles.